The summed E-state index contributed by atoms with van der Waals surface area (Å²) >= 11 is 0. The molecule has 0 aliphatic carbocycles. The largest absolute Gasteiger partial charge is 0.376 e. The molecule has 1 atom stereocenters. The van der Waals surface area contributed by atoms with E-state index in [0.29, 0.717) is 5.69 Å². The molecular formula is C22H25N3O2. The van der Waals surface area contributed by atoms with E-state index in [4.69, 9.17) is 4.74 Å². The lowest BCUT2D eigenvalue weighted by Gasteiger charge is -2.14. The SMILES string of the molecule is Cc1cccc(NC(=O)/C(C#N)=C/c2cc(C)n(CC3CCCO3)c2C)c1. The first-order valence-electron chi connectivity index (χ1n) is 9.26. The van der Waals surface area contributed by atoms with E-state index in [9.17, 15) is 10.1 Å². The number of benzene rings is 1. The number of carbonyl (C=O) groups is 1. The molecule has 1 aromatic carbocycles. The van der Waals surface area contributed by atoms with Gasteiger partial charge in [-0.3, -0.25) is 4.79 Å². The predicted molar refractivity (Wildman–Crippen MR) is 106 cm³/mol. The highest BCUT2D eigenvalue weighted by Crippen LogP contribution is 2.22. The number of nitrogens with one attached hydrogen (secondary N) is 1. The van der Waals surface area contributed by atoms with Crippen LogP contribution in [-0.4, -0.2) is 23.2 Å². The van der Waals surface area contributed by atoms with Crippen LogP contribution in [0.1, 0.15) is 35.4 Å². The summed E-state index contributed by atoms with van der Waals surface area (Å²) in [6, 6.07) is 11.6. The number of aryl methyl sites for hydroxylation is 2. The Morgan fingerprint density at radius 3 is 2.85 bits per heavy atom. The van der Waals surface area contributed by atoms with Crippen LogP contribution < -0.4 is 5.32 Å². The number of aromatic nitrogens is 1. The molecule has 27 heavy (non-hydrogen) atoms. The summed E-state index contributed by atoms with van der Waals surface area (Å²) in [4.78, 5) is 12.5. The van der Waals surface area contributed by atoms with Crippen molar-refractivity contribution >= 4 is 17.7 Å². The Bertz CT molecular complexity index is 912. The van der Waals surface area contributed by atoms with E-state index in [0.717, 1.165) is 48.5 Å². The smallest absolute Gasteiger partial charge is 0.266 e. The van der Waals surface area contributed by atoms with Gasteiger partial charge in [0.05, 0.1) is 6.10 Å². The minimum Gasteiger partial charge on any atom is -0.376 e. The van der Waals surface area contributed by atoms with Crippen molar-refractivity contribution < 1.29 is 9.53 Å². The molecule has 1 unspecified atom stereocenters. The van der Waals surface area contributed by atoms with Gasteiger partial charge in [0.2, 0.25) is 0 Å². The zero-order valence-corrected chi connectivity index (χ0v) is 16.1. The van der Waals surface area contributed by atoms with Gasteiger partial charge in [0.1, 0.15) is 11.6 Å². The normalized spacial score (nSPS) is 17.0. The first-order valence-corrected chi connectivity index (χ1v) is 9.26. The molecule has 1 amide bonds. The molecular weight excluding hydrogens is 338 g/mol. The highest BCUT2D eigenvalue weighted by molar-refractivity contribution is 6.09. The topological polar surface area (TPSA) is 67.0 Å². The maximum atomic E-state index is 12.5. The zero-order chi connectivity index (χ0) is 19.4. The molecule has 1 aliphatic rings. The Morgan fingerprint density at radius 1 is 1.37 bits per heavy atom. The third-order valence-electron chi connectivity index (χ3n) is 4.96. The van der Waals surface area contributed by atoms with Gasteiger partial charge in [-0.1, -0.05) is 12.1 Å². The van der Waals surface area contributed by atoms with Crippen LogP contribution in [0.4, 0.5) is 5.69 Å². The molecule has 1 aromatic heterocycles. The molecule has 0 saturated carbocycles. The number of ether oxygens (including phenoxy) is 1. The number of nitrogens with zero attached hydrogens (tertiary/aromatic N) is 2. The average molecular weight is 363 g/mol. The van der Waals surface area contributed by atoms with Gasteiger partial charge in [-0.05, 0) is 69.0 Å². The Kier molecular flexibility index (Phi) is 5.78. The lowest BCUT2D eigenvalue weighted by Crippen LogP contribution is -2.17. The molecule has 0 spiro atoms. The van der Waals surface area contributed by atoms with Gasteiger partial charge < -0.3 is 14.6 Å². The van der Waals surface area contributed by atoms with Gasteiger partial charge in [-0.2, -0.15) is 5.26 Å². The highest BCUT2D eigenvalue weighted by Gasteiger charge is 2.19. The van der Waals surface area contributed by atoms with E-state index in [1.165, 1.54) is 0 Å². The minimum atomic E-state index is -0.396. The van der Waals surface area contributed by atoms with Crippen molar-refractivity contribution in [1.29, 1.82) is 5.26 Å². The van der Waals surface area contributed by atoms with Crippen LogP contribution in [0.25, 0.3) is 6.08 Å². The van der Waals surface area contributed by atoms with Gasteiger partial charge in [0.15, 0.2) is 0 Å². The lowest BCUT2D eigenvalue weighted by atomic mass is 10.1. The number of rotatable bonds is 5. The van der Waals surface area contributed by atoms with Crippen LogP contribution >= 0.6 is 0 Å². The van der Waals surface area contributed by atoms with E-state index in [1.54, 1.807) is 6.08 Å². The van der Waals surface area contributed by atoms with Crippen molar-refractivity contribution in [2.75, 3.05) is 11.9 Å². The number of amides is 1. The number of hydrogen-bond donors (Lipinski definition) is 1. The van der Waals surface area contributed by atoms with Crippen LogP contribution in [0.15, 0.2) is 35.9 Å². The summed E-state index contributed by atoms with van der Waals surface area (Å²) in [6.45, 7) is 7.65. The van der Waals surface area contributed by atoms with Crippen molar-refractivity contribution in [3.8, 4) is 6.07 Å². The Morgan fingerprint density at radius 2 is 2.19 bits per heavy atom. The number of hydrogen-bond acceptors (Lipinski definition) is 3. The number of anilines is 1. The molecule has 1 saturated heterocycles. The molecule has 0 bridgehead atoms. The first kappa shape index (κ1) is 18.9. The highest BCUT2D eigenvalue weighted by atomic mass is 16.5. The monoisotopic (exact) mass is 363 g/mol. The van der Waals surface area contributed by atoms with E-state index in [1.807, 2.05) is 57.2 Å². The van der Waals surface area contributed by atoms with E-state index >= 15 is 0 Å². The van der Waals surface area contributed by atoms with Crippen LogP contribution in [0.3, 0.4) is 0 Å². The predicted octanol–water partition coefficient (Wildman–Crippen LogP) is 4.14. The Labute approximate surface area is 160 Å². The van der Waals surface area contributed by atoms with Crippen LogP contribution in [0.2, 0.25) is 0 Å². The Balaban J connectivity index is 1.80. The maximum absolute atomic E-state index is 12.5. The van der Waals surface area contributed by atoms with E-state index in [2.05, 4.69) is 9.88 Å². The second-order valence-electron chi connectivity index (χ2n) is 7.07. The lowest BCUT2D eigenvalue weighted by molar-refractivity contribution is -0.112. The van der Waals surface area contributed by atoms with Crippen LogP contribution in [0.5, 0.6) is 0 Å². The summed E-state index contributed by atoms with van der Waals surface area (Å²) in [5, 5.41) is 12.3. The summed E-state index contributed by atoms with van der Waals surface area (Å²) in [5.41, 5.74) is 4.86. The second kappa shape index (κ2) is 8.24. The third-order valence-corrected chi connectivity index (χ3v) is 4.96. The minimum absolute atomic E-state index is 0.0915. The van der Waals surface area contributed by atoms with Crippen LogP contribution in [-0.2, 0) is 16.1 Å². The molecule has 1 N–H and O–H groups in total. The van der Waals surface area contributed by atoms with Crippen molar-refractivity contribution in [3.63, 3.8) is 0 Å². The van der Waals surface area contributed by atoms with E-state index < -0.39 is 5.91 Å². The number of nitriles is 1. The number of carbonyl (C=O) groups excluding carboxylic acids is 1. The summed E-state index contributed by atoms with van der Waals surface area (Å²) in [7, 11) is 0. The quantitative estimate of drug-likeness (QED) is 0.641. The van der Waals surface area contributed by atoms with Crippen molar-refractivity contribution in [2.45, 2.75) is 46.3 Å². The summed E-state index contributed by atoms with van der Waals surface area (Å²) < 4.78 is 7.94. The third kappa shape index (κ3) is 4.47. The van der Waals surface area contributed by atoms with E-state index in [-0.39, 0.29) is 11.7 Å². The second-order valence-corrected chi connectivity index (χ2v) is 7.07. The van der Waals surface area contributed by atoms with Crippen molar-refractivity contribution in [1.82, 2.24) is 4.57 Å². The molecule has 1 aliphatic heterocycles. The fourth-order valence-electron chi connectivity index (χ4n) is 3.47. The molecule has 5 heteroatoms. The molecule has 5 nitrogen and oxygen atoms in total. The van der Waals surface area contributed by atoms with Gasteiger partial charge in [0, 0.05) is 30.2 Å². The fraction of sp³-hybridized carbons (Fsp3) is 0.364. The Hall–Kier alpha value is -2.84. The zero-order valence-electron chi connectivity index (χ0n) is 16.1. The maximum Gasteiger partial charge on any atom is 0.266 e. The summed E-state index contributed by atoms with van der Waals surface area (Å²) in [6.07, 6.45) is 4.09. The standard InChI is InChI=1S/C22H25N3O2/c1-15-6-4-7-20(10-15)24-22(26)19(13-23)12-18-11-16(2)25(17(18)3)14-21-8-5-9-27-21/h4,6-7,10-12,21H,5,8-9,14H2,1-3H3,(H,24,26)/b19-12+. The summed E-state index contributed by atoms with van der Waals surface area (Å²) in [5.74, 6) is -0.396. The van der Waals surface area contributed by atoms with Gasteiger partial charge in [-0.25, -0.2) is 0 Å². The molecule has 3 rings (SSSR count). The van der Waals surface area contributed by atoms with Gasteiger partial charge in [0.25, 0.3) is 5.91 Å². The molecule has 1 fully saturated rings. The van der Waals surface area contributed by atoms with Crippen molar-refractivity contribution in [3.05, 3.63) is 58.4 Å². The van der Waals surface area contributed by atoms with Crippen LogP contribution in [0, 0.1) is 32.1 Å². The molecule has 2 heterocycles. The molecule has 2 aromatic rings. The van der Waals surface area contributed by atoms with Crippen molar-refractivity contribution in [2.24, 2.45) is 0 Å². The molecule has 140 valence electrons. The van der Waals surface area contributed by atoms with Gasteiger partial charge >= 0.3 is 0 Å². The molecule has 0 radical (unpaired) electrons. The first-order chi connectivity index (χ1) is 13.0. The van der Waals surface area contributed by atoms with Gasteiger partial charge in [-0.15, -0.1) is 0 Å². The average Bonchev–Trinajstić information content (AvgIpc) is 3.23. The fourth-order valence-corrected chi connectivity index (χ4v) is 3.47.